The lowest BCUT2D eigenvalue weighted by molar-refractivity contribution is -0.139. The second-order valence-electron chi connectivity index (χ2n) is 11.5. The first kappa shape index (κ1) is 29.6. The number of para-hydroxylation sites is 1. The average molecular weight is 548 g/mol. The highest BCUT2D eigenvalue weighted by Gasteiger charge is 2.37. The summed E-state index contributed by atoms with van der Waals surface area (Å²) >= 11 is 0. The largest absolute Gasteiger partial charge is 0.457 e. The van der Waals surface area contributed by atoms with Crippen LogP contribution in [0, 0.1) is 17.8 Å². The van der Waals surface area contributed by atoms with Gasteiger partial charge in [-0.25, -0.2) is 0 Å². The van der Waals surface area contributed by atoms with E-state index in [1.807, 2.05) is 59.5 Å². The van der Waals surface area contributed by atoms with Gasteiger partial charge in [-0.05, 0) is 67.9 Å². The number of primary amides is 1. The zero-order valence-corrected chi connectivity index (χ0v) is 23.9. The zero-order valence-electron chi connectivity index (χ0n) is 23.9. The standard InChI is InChI=1S/C33H45N3O4/c1-2-3-18-28(31(34)37)29(22-24-12-7-8-13-24)32(38)35-30-19-9-10-20-36(33(30)39)23-25-14-11-17-27(21-25)40-26-15-5-4-6-16-26/h4-6,11,14-17,21,24,28-30H,2-3,7-10,12-13,18-20,22-23H2,1H3,(H2,34,37)(H,35,38)/t28-,29+,30-/m0/s1. The van der Waals surface area contributed by atoms with Crippen molar-refractivity contribution in [2.24, 2.45) is 23.5 Å². The number of carbonyl (C=O) groups excluding carboxylic acids is 3. The number of likely N-dealkylation sites (tertiary alicyclic amines) is 1. The summed E-state index contributed by atoms with van der Waals surface area (Å²) in [7, 11) is 0. The van der Waals surface area contributed by atoms with Crippen LogP contribution in [0.5, 0.6) is 11.5 Å². The number of nitrogens with one attached hydrogen (secondary N) is 1. The first-order valence-electron chi connectivity index (χ1n) is 15.1. The molecule has 3 atom stereocenters. The summed E-state index contributed by atoms with van der Waals surface area (Å²) in [5, 5.41) is 3.09. The van der Waals surface area contributed by atoms with Crippen LogP contribution in [0.2, 0.25) is 0 Å². The van der Waals surface area contributed by atoms with Crippen molar-refractivity contribution in [3.63, 3.8) is 0 Å². The van der Waals surface area contributed by atoms with Crippen molar-refractivity contribution in [2.75, 3.05) is 6.54 Å². The number of unbranched alkanes of at least 4 members (excludes halogenated alkanes) is 1. The molecule has 0 bridgehead atoms. The molecule has 1 heterocycles. The highest BCUT2D eigenvalue weighted by Crippen LogP contribution is 2.35. The minimum absolute atomic E-state index is 0.0657. The first-order valence-corrected chi connectivity index (χ1v) is 15.1. The van der Waals surface area contributed by atoms with E-state index in [9.17, 15) is 14.4 Å². The molecule has 40 heavy (non-hydrogen) atoms. The minimum Gasteiger partial charge on any atom is -0.457 e. The minimum atomic E-state index is -0.593. The molecule has 1 saturated heterocycles. The number of benzene rings is 2. The number of nitrogens with zero attached hydrogens (tertiary/aromatic N) is 1. The molecule has 0 spiro atoms. The highest BCUT2D eigenvalue weighted by atomic mass is 16.5. The van der Waals surface area contributed by atoms with Crippen molar-refractivity contribution in [1.82, 2.24) is 10.2 Å². The molecule has 7 heteroatoms. The second kappa shape index (κ2) is 14.9. The molecule has 3 N–H and O–H groups in total. The van der Waals surface area contributed by atoms with Gasteiger partial charge in [0, 0.05) is 24.9 Å². The summed E-state index contributed by atoms with van der Waals surface area (Å²) in [6.45, 7) is 3.16. The quantitative estimate of drug-likeness (QED) is 0.323. The van der Waals surface area contributed by atoms with Crippen LogP contribution in [-0.4, -0.2) is 35.2 Å². The summed E-state index contributed by atoms with van der Waals surface area (Å²) in [5.74, 6) is 0.274. The predicted molar refractivity (Wildman–Crippen MR) is 156 cm³/mol. The van der Waals surface area contributed by atoms with Crippen LogP contribution in [-0.2, 0) is 20.9 Å². The smallest absolute Gasteiger partial charge is 0.245 e. The van der Waals surface area contributed by atoms with Gasteiger partial charge in [0.05, 0.1) is 0 Å². The van der Waals surface area contributed by atoms with E-state index in [1.54, 1.807) is 0 Å². The number of rotatable bonds is 13. The Morgan fingerprint density at radius 3 is 2.42 bits per heavy atom. The SMILES string of the molecule is CCCC[C@H](C(N)=O)[C@@H](CC1CCCC1)C(=O)N[C@H]1CCCCN(Cc2cccc(Oc3ccccc3)c2)C1=O. The number of nitrogens with two attached hydrogens (primary N) is 1. The third-order valence-electron chi connectivity index (χ3n) is 8.47. The van der Waals surface area contributed by atoms with Crippen molar-refractivity contribution in [3.8, 4) is 11.5 Å². The molecule has 4 rings (SSSR count). The molecule has 2 fully saturated rings. The molecule has 1 saturated carbocycles. The van der Waals surface area contributed by atoms with Gasteiger partial charge in [0.2, 0.25) is 17.7 Å². The normalized spacial score (nSPS) is 19.6. The molecule has 1 aliphatic heterocycles. The van der Waals surface area contributed by atoms with Crippen molar-refractivity contribution in [1.29, 1.82) is 0 Å². The van der Waals surface area contributed by atoms with Crippen LogP contribution >= 0.6 is 0 Å². The number of hydrogen-bond donors (Lipinski definition) is 2. The lowest BCUT2D eigenvalue weighted by Crippen LogP contribution is -2.50. The van der Waals surface area contributed by atoms with Crippen molar-refractivity contribution >= 4 is 17.7 Å². The fourth-order valence-corrected chi connectivity index (χ4v) is 6.25. The first-order chi connectivity index (χ1) is 19.4. The van der Waals surface area contributed by atoms with Crippen LogP contribution in [0.1, 0.15) is 83.1 Å². The summed E-state index contributed by atoms with van der Waals surface area (Å²) in [4.78, 5) is 41.8. The van der Waals surface area contributed by atoms with Crippen LogP contribution in [0.15, 0.2) is 54.6 Å². The van der Waals surface area contributed by atoms with Crippen molar-refractivity contribution < 1.29 is 19.1 Å². The zero-order chi connectivity index (χ0) is 28.3. The van der Waals surface area contributed by atoms with Gasteiger partial charge < -0.3 is 20.7 Å². The Morgan fingerprint density at radius 2 is 1.70 bits per heavy atom. The topological polar surface area (TPSA) is 102 Å². The fourth-order valence-electron chi connectivity index (χ4n) is 6.25. The predicted octanol–water partition coefficient (Wildman–Crippen LogP) is 5.96. The number of amides is 3. The van der Waals surface area contributed by atoms with E-state index >= 15 is 0 Å². The van der Waals surface area contributed by atoms with Crippen LogP contribution in [0.3, 0.4) is 0 Å². The third kappa shape index (κ3) is 8.33. The van der Waals surface area contributed by atoms with E-state index < -0.39 is 23.8 Å². The lowest BCUT2D eigenvalue weighted by atomic mass is 9.80. The van der Waals surface area contributed by atoms with Gasteiger partial charge in [-0.2, -0.15) is 0 Å². The maximum atomic E-state index is 13.7. The molecule has 0 unspecified atom stereocenters. The second-order valence-corrected chi connectivity index (χ2v) is 11.5. The molecule has 2 aromatic rings. The summed E-state index contributed by atoms with van der Waals surface area (Å²) < 4.78 is 5.99. The average Bonchev–Trinajstić information content (AvgIpc) is 3.41. The van der Waals surface area contributed by atoms with E-state index in [-0.39, 0.29) is 11.8 Å². The van der Waals surface area contributed by atoms with Gasteiger partial charge in [-0.15, -0.1) is 0 Å². The van der Waals surface area contributed by atoms with Gasteiger partial charge >= 0.3 is 0 Å². The Labute approximate surface area is 238 Å². The van der Waals surface area contributed by atoms with Crippen LogP contribution in [0.25, 0.3) is 0 Å². The molecular formula is C33H45N3O4. The maximum absolute atomic E-state index is 13.7. The molecule has 216 valence electrons. The summed E-state index contributed by atoms with van der Waals surface area (Å²) in [6, 6.07) is 16.8. The monoisotopic (exact) mass is 547 g/mol. The Morgan fingerprint density at radius 1 is 0.975 bits per heavy atom. The molecule has 7 nitrogen and oxygen atoms in total. The number of carbonyl (C=O) groups is 3. The number of hydrogen-bond acceptors (Lipinski definition) is 4. The lowest BCUT2D eigenvalue weighted by Gasteiger charge is -2.30. The Bertz CT molecular complexity index is 1120. The van der Waals surface area contributed by atoms with Gasteiger partial charge in [0.1, 0.15) is 17.5 Å². The molecule has 3 amide bonds. The molecular weight excluding hydrogens is 502 g/mol. The third-order valence-corrected chi connectivity index (χ3v) is 8.47. The highest BCUT2D eigenvalue weighted by molar-refractivity contribution is 5.91. The molecule has 2 aromatic carbocycles. The Balaban J connectivity index is 1.44. The van der Waals surface area contributed by atoms with E-state index in [0.717, 1.165) is 55.6 Å². The van der Waals surface area contributed by atoms with E-state index in [1.165, 1.54) is 12.8 Å². The maximum Gasteiger partial charge on any atom is 0.245 e. The van der Waals surface area contributed by atoms with Gasteiger partial charge in [0.15, 0.2) is 0 Å². The Kier molecular flexibility index (Phi) is 11.0. The summed E-state index contributed by atoms with van der Waals surface area (Å²) in [5.41, 5.74) is 6.81. The number of ether oxygens (including phenoxy) is 1. The van der Waals surface area contributed by atoms with Crippen LogP contribution < -0.4 is 15.8 Å². The fraction of sp³-hybridized carbons (Fsp3) is 0.545. The molecule has 0 radical (unpaired) electrons. The van der Waals surface area contributed by atoms with Crippen molar-refractivity contribution in [2.45, 2.75) is 90.1 Å². The van der Waals surface area contributed by atoms with Crippen LogP contribution in [0.4, 0.5) is 0 Å². The summed E-state index contributed by atoms with van der Waals surface area (Å²) in [6.07, 6.45) is 9.93. The molecule has 1 aliphatic carbocycles. The van der Waals surface area contributed by atoms with Gasteiger partial charge in [0.25, 0.3) is 0 Å². The van der Waals surface area contributed by atoms with E-state index in [2.05, 4.69) is 12.2 Å². The van der Waals surface area contributed by atoms with E-state index in [0.29, 0.717) is 38.3 Å². The van der Waals surface area contributed by atoms with E-state index in [4.69, 9.17) is 10.5 Å². The van der Waals surface area contributed by atoms with Crippen molar-refractivity contribution in [3.05, 3.63) is 60.2 Å². The Hall–Kier alpha value is -3.35. The molecule has 2 aliphatic rings. The van der Waals surface area contributed by atoms with Gasteiger partial charge in [-0.1, -0.05) is 75.8 Å². The van der Waals surface area contributed by atoms with Gasteiger partial charge in [-0.3, -0.25) is 14.4 Å². The molecule has 0 aromatic heterocycles.